The summed E-state index contributed by atoms with van der Waals surface area (Å²) in [5, 5.41) is 12.5. The third-order valence-corrected chi connectivity index (χ3v) is 3.85. The van der Waals surface area contributed by atoms with Crippen LogP contribution in [0, 0.1) is 0 Å². The molecule has 1 aromatic heterocycles. The van der Waals surface area contributed by atoms with Gasteiger partial charge in [0, 0.05) is 13.6 Å². The number of nitrogens with one attached hydrogen (secondary N) is 1. The number of fused-ring (bicyclic) bond motifs is 1. The van der Waals surface area contributed by atoms with E-state index < -0.39 is 12.0 Å². The second-order valence-corrected chi connectivity index (χ2v) is 5.18. The van der Waals surface area contributed by atoms with Crippen LogP contribution < -0.4 is 10.2 Å². The van der Waals surface area contributed by atoms with Crippen LogP contribution in [0.1, 0.15) is 19.3 Å². The van der Waals surface area contributed by atoms with E-state index in [9.17, 15) is 9.90 Å². The Bertz CT molecular complexity index is 674. The molecular weight excluding hydrogens is 268 g/mol. The van der Waals surface area contributed by atoms with Gasteiger partial charge < -0.3 is 15.3 Å². The summed E-state index contributed by atoms with van der Waals surface area (Å²) in [4.78, 5) is 22.5. The minimum atomic E-state index is -0.799. The summed E-state index contributed by atoms with van der Waals surface area (Å²) in [6, 6.07) is 7.09. The van der Waals surface area contributed by atoms with Crippen molar-refractivity contribution in [2.75, 3.05) is 23.8 Å². The molecule has 2 N–H and O–H groups in total. The zero-order chi connectivity index (χ0) is 14.8. The molecule has 0 saturated carbocycles. The summed E-state index contributed by atoms with van der Waals surface area (Å²) < 4.78 is 0. The molecule has 2 aromatic rings. The molecule has 0 bridgehead atoms. The number of nitrogens with zero attached hydrogens (tertiary/aromatic N) is 3. The minimum Gasteiger partial charge on any atom is -0.480 e. The average molecular weight is 286 g/mol. The molecule has 1 atom stereocenters. The Morgan fingerprint density at radius 2 is 2.00 bits per heavy atom. The number of hydrogen-bond donors (Lipinski definition) is 2. The first-order valence-electron chi connectivity index (χ1n) is 7.14. The largest absolute Gasteiger partial charge is 0.480 e. The van der Waals surface area contributed by atoms with Crippen molar-refractivity contribution in [2.45, 2.75) is 25.3 Å². The molecule has 1 aliphatic rings. The van der Waals surface area contributed by atoms with Crippen molar-refractivity contribution >= 4 is 28.6 Å². The predicted octanol–water partition coefficient (Wildman–Crippen LogP) is 2.11. The van der Waals surface area contributed by atoms with E-state index in [0.717, 1.165) is 23.9 Å². The molecule has 6 heteroatoms. The van der Waals surface area contributed by atoms with Crippen molar-refractivity contribution in [1.29, 1.82) is 0 Å². The van der Waals surface area contributed by atoms with Crippen molar-refractivity contribution in [2.24, 2.45) is 0 Å². The Hall–Kier alpha value is -2.37. The molecule has 110 valence electrons. The number of aromatic nitrogens is 2. The van der Waals surface area contributed by atoms with Crippen molar-refractivity contribution < 1.29 is 9.90 Å². The summed E-state index contributed by atoms with van der Waals surface area (Å²) in [6.07, 6.45) is 2.55. The van der Waals surface area contributed by atoms with Crippen LogP contribution in [0.3, 0.4) is 0 Å². The number of carboxylic acid groups (broad SMARTS) is 1. The van der Waals surface area contributed by atoms with E-state index in [1.807, 2.05) is 29.2 Å². The molecule has 1 aromatic carbocycles. The van der Waals surface area contributed by atoms with Gasteiger partial charge in [0.25, 0.3) is 0 Å². The summed E-state index contributed by atoms with van der Waals surface area (Å²) in [6.45, 7) is 0.693. The summed E-state index contributed by atoms with van der Waals surface area (Å²) in [7, 11) is 1.78. The quantitative estimate of drug-likeness (QED) is 0.899. The van der Waals surface area contributed by atoms with Gasteiger partial charge in [-0.05, 0) is 31.4 Å². The highest BCUT2D eigenvalue weighted by Crippen LogP contribution is 2.30. The topological polar surface area (TPSA) is 78.4 Å². The Morgan fingerprint density at radius 1 is 1.29 bits per heavy atom. The van der Waals surface area contributed by atoms with E-state index in [4.69, 9.17) is 0 Å². The molecule has 0 radical (unpaired) electrons. The zero-order valence-electron chi connectivity index (χ0n) is 11.9. The number of benzene rings is 1. The fourth-order valence-electron chi connectivity index (χ4n) is 2.80. The fraction of sp³-hybridized carbons (Fsp3) is 0.400. The number of piperidine rings is 1. The highest BCUT2D eigenvalue weighted by atomic mass is 16.4. The van der Waals surface area contributed by atoms with Gasteiger partial charge in [0.1, 0.15) is 6.04 Å². The third-order valence-electron chi connectivity index (χ3n) is 3.85. The van der Waals surface area contributed by atoms with Crippen molar-refractivity contribution in [3.63, 3.8) is 0 Å². The average Bonchev–Trinajstić information content (AvgIpc) is 2.53. The highest BCUT2D eigenvalue weighted by Gasteiger charge is 2.31. The maximum Gasteiger partial charge on any atom is 0.326 e. The molecule has 0 unspecified atom stereocenters. The lowest BCUT2D eigenvalue weighted by atomic mass is 10.0. The lowest BCUT2D eigenvalue weighted by Crippen LogP contribution is -2.45. The number of para-hydroxylation sites is 2. The Morgan fingerprint density at radius 3 is 2.67 bits per heavy atom. The summed E-state index contributed by atoms with van der Waals surface area (Å²) in [5.41, 5.74) is 1.58. The number of hydrogen-bond acceptors (Lipinski definition) is 5. The van der Waals surface area contributed by atoms with Crippen molar-refractivity contribution in [1.82, 2.24) is 9.97 Å². The highest BCUT2D eigenvalue weighted by molar-refractivity contribution is 5.84. The van der Waals surface area contributed by atoms with E-state index >= 15 is 0 Å². The first-order valence-corrected chi connectivity index (χ1v) is 7.14. The Kier molecular flexibility index (Phi) is 3.60. The maximum atomic E-state index is 11.5. The molecule has 1 saturated heterocycles. The molecule has 1 aliphatic heterocycles. The van der Waals surface area contributed by atoms with Crippen LogP contribution in [0.2, 0.25) is 0 Å². The summed E-state index contributed by atoms with van der Waals surface area (Å²) in [5.74, 6) is 0.455. The SMILES string of the molecule is CNc1nc2ccccc2nc1N1CCCC[C@H]1C(=O)O. The molecule has 2 heterocycles. The number of carboxylic acids is 1. The van der Waals surface area contributed by atoms with Crippen LogP contribution in [0.5, 0.6) is 0 Å². The van der Waals surface area contributed by atoms with E-state index in [1.54, 1.807) is 7.05 Å². The second-order valence-electron chi connectivity index (χ2n) is 5.18. The van der Waals surface area contributed by atoms with Crippen LogP contribution in [-0.4, -0.2) is 40.7 Å². The number of rotatable bonds is 3. The number of carbonyl (C=O) groups is 1. The predicted molar refractivity (Wildman–Crippen MR) is 81.7 cm³/mol. The van der Waals surface area contributed by atoms with Gasteiger partial charge in [-0.15, -0.1) is 0 Å². The monoisotopic (exact) mass is 286 g/mol. The number of aliphatic carboxylic acids is 1. The van der Waals surface area contributed by atoms with Gasteiger partial charge >= 0.3 is 5.97 Å². The molecule has 3 rings (SSSR count). The first-order chi connectivity index (χ1) is 10.2. The zero-order valence-corrected chi connectivity index (χ0v) is 11.9. The van der Waals surface area contributed by atoms with Gasteiger partial charge in [-0.25, -0.2) is 14.8 Å². The van der Waals surface area contributed by atoms with Crippen LogP contribution in [0.25, 0.3) is 11.0 Å². The van der Waals surface area contributed by atoms with Crippen LogP contribution in [0.4, 0.5) is 11.6 Å². The smallest absolute Gasteiger partial charge is 0.326 e. The fourth-order valence-corrected chi connectivity index (χ4v) is 2.80. The second kappa shape index (κ2) is 5.55. The van der Waals surface area contributed by atoms with E-state index in [2.05, 4.69) is 15.3 Å². The molecule has 0 spiro atoms. The van der Waals surface area contributed by atoms with Gasteiger partial charge in [0.15, 0.2) is 11.6 Å². The molecule has 6 nitrogen and oxygen atoms in total. The lowest BCUT2D eigenvalue weighted by Gasteiger charge is -2.34. The molecule has 1 fully saturated rings. The molecule has 0 aliphatic carbocycles. The van der Waals surface area contributed by atoms with Gasteiger partial charge in [-0.1, -0.05) is 12.1 Å². The van der Waals surface area contributed by atoms with Gasteiger partial charge in [0.2, 0.25) is 0 Å². The van der Waals surface area contributed by atoms with Crippen LogP contribution in [-0.2, 0) is 4.79 Å². The van der Waals surface area contributed by atoms with Crippen molar-refractivity contribution in [3.05, 3.63) is 24.3 Å². The van der Waals surface area contributed by atoms with Crippen LogP contribution in [0.15, 0.2) is 24.3 Å². The van der Waals surface area contributed by atoms with Crippen LogP contribution >= 0.6 is 0 Å². The van der Waals surface area contributed by atoms with E-state index in [1.165, 1.54) is 0 Å². The molecular formula is C15H18N4O2. The van der Waals surface area contributed by atoms with E-state index in [-0.39, 0.29) is 0 Å². The standard InChI is InChI=1S/C15H18N4O2/c1-16-13-14(18-11-7-3-2-6-10(11)17-13)19-9-5-4-8-12(19)15(20)21/h2-3,6-7,12H,4-5,8-9H2,1H3,(H,16,17)(H,20,21)/t12-/m0/s1. The maximum absolute atomic E-state index is 11.5. The minimum absolute atomic E-state index is 0.527. The number of anilines is 2. The Balaban J connectivity index is 2.10. The molecule has 0 amide bonds. The first kappa shape index (κ1) is 13.6. The van der Waals surface area contributed by atoms with Gasteiger partial charge in [-0.2, -0.15) is 0 Å². The lowest BCUT2D eigenvalue weighted by molar-refractivity contribution is -0.139. The normalized spacial score (nSPS) is 18.7. The van der Waals surface area contributed by atoms with E-state index in [0.29, 0.717) is 24.6 Å². The third kappa shape index (κ3) is 2.49. The summed E-state index contributed by atoms with van der Waals surface area (Å²) >= 11 is 0. The van der Waals surface area contributed by atoms with Crippen molar-refractivity contribution in [3.8, 4) is 0 Å². The van der Waals surface area contributed by atoms with Gasteiger partial charge in [0.05, 0.1) is 11.0 Å². The van der Waals surface area contributed by atoms with Gasteiger partial charge in [-0.3, -0.25) is 0 Å². The molecule has 21 heavy (non-hydrogen) atoms. The Labute approximate surface area is 122 Å².